The summed E-state index contributed by atoms with van der Waals surface area (Å²) in [5.74, 6) is -0.522. The monoisotopic (exact) mass is 400 g/mol. The van der Waals surface area contributed by atoms with Crippen LogP contribution in [0, 0.1) is 6.92 Å². The molecule has 0 fully saturated rings. The van der Waals surface area contributed by atoms with Gasteiger partial charge in [-0.1, -0.05) is 45.2 Å². The molecule has 2 aromatic carbocycles. The van der Waals surface area contributed by atoms with E-state index >= 15 is 0 Å². The highest BCUT2D eigenvalue weighted by Gasteiger charge is 2.08. The zero-order valence-electron chi connectivity index (χ0n) is 11.4. The molecule has 0 saturated carbocycles. The number of benzene rings is 2. The number of carbonyl (C=O) groups is 1. The number of phenols is 1. The third kappa shape index (κ3) is 4.00. The minimum Gasteiger partial charge on any atom is -0.506 e. The van der Waals surface area contributed by atoms with E-state index in [0.29, 0.717) is 16.1 Å². The molecule has 0 aliphatic carbocycles. The van der Waals surface area contributed by atoms with E-state index < -0.39 is 0 Å². The van der Waals surface area contributed by atoms with Crippen molar-refractivity contribution in [1.29, 1.82) is 0 Å². The summed E-state index contributed by atoms with van der Waals surface area (Å²) in [7, 11) is 0. The van der Waals surface area contributed by atoms with E-state index in [4.69, 9.17) is 23.2 Å². The summed E-state index contributed by atoms with van der Waals surface area (Å²) >= 11 is 15.0. The standard InChI is InChI=1S/C15H11BrCl2N2O2/c1-8-2-3-9(5-12(8)16)15(22)20-19-7-10-4-11(17)6-13(18)14(10)21/h2-7,21H,1H3,(H,20,22). The molecular formula is C15H11BrCl2N2O2. The molecule has 0 radical (unpaired) electrons. The molecule has 114 valence electrons. The van der Waals surface area contributed by atoms with Crippen molar-refractivity contribution in [3.8, 4) is 5.75 Å². The van der Waals surface area contributed by atoms with Crippen molar-refractivity contribution in [3.05, 3.63) is 61.5 Å². The summed E-state index contributed by atoms with van der Waals surface area (Å²) in [4.78, 5) is 12.0. The number of rotatable bonds is 3. The van der Waals surface area contributed by atoms with Gasteiger partial charge in [-0.3, -0.25) is 4.79 Å². The van der Waals surface area contributed by atoms with Crippen LogP contribution in [0.3, 0.4) is 0 Å². The summed E-state index contributed by atoms with van der Waals surface area (Å²) in [6, 6.07) is 8.12. The lowest BCUT2D eigenvalue weighted by Gasteiger charge is -2.04. The van der Waals surface area contributed by atoms with Crippen LogP contribution in [0.1, 0.15) is 21.5 Å². The van der Waals surface area contributed by atoms with Crippen molar-refractivity contribution in [2.75, 3.05) is 0 Å². The smallest absolute Gasteiger partial charge is 0.271 e. The van der Waals surface area contributed by atoms with Crippen molar-refractivity contribution in [3.63, 3.8) is 0 Å². The normalized spacial score (nSPS) is 10.9. The van der Waals surface area contributed by atoms with Gasteiger partial charge in [0, 0.05) is 20.6 Å². The fourth-order valence-electron chi connectivity index (χ4n) is 1.64. The third-order valence-electron chi connectivity index (χ3n) is 2.86. The molecule has 0 atom stereocenters. The molecule has 0 bridgehead atoms. The van der Waals surface area contributed by atoms with Gasteiger partial charge in [0.25, 0.3) is 5.91 Å². The second-order valence-corrected chi connectivity index (χ2v) is 6.19. The van der Waals surface area contributed by atoms with Crippen LogP contribution in [0.15, 0.2) is 39.9 Å². The minimum absolute atomic E-state index is 0.114. The molecule has 0 heterocycles. The Bertz CT molecular complexity index is 763. The molecule has 0 unspecified atom stereocenters. The lowest BCUT2D eigenvalue weighted by molar-refractivity contribution is 0.0955. The van der Waals surface area contributed by atoms with Crippen LogP contribution in [0.4, 0.5) is 0 Å². The third-order valence-corrected chi connectivity index (χ3v) is 4.22. The highest BCUT2D eigenvalue weighted by molar-refractivity contribution is 9.10. The van der Waals surface area contributed by atoms with E-state index in [1.54, 1.807) is 12.1 Å². The van der Waals surface area contributed by atoms with Gasteiger partial charge in [0.05, 0.1) is 11.2 Å². The molecule has 22 heavy (non-hydrogen) atoms. The highest BCUT2D eigenvalue weighted by atomic mass is 79.9. The zero-order valence-corrected chi connectivity index (χ0v) is 14.5. The molecule has 1 amide bonds. The minimum atomic E-state index is -0.371. The average molecular weight is 402 g/mol. The number of amides is 1. The Kier molecular flexibility index (Phi) is 5.45. The van der Waals surface area contributed by atoms with Crippen molar-refractivity contribution in [1.82, 2.24) is 5.43 Å². The van der Waals surface area contributed by atoms with Crippen LogP contribution >= 0.6 is 39.1 Å². The lowest BCUT2D eigenvalue weighted by Crippen LogP contribution is -2.17. The number of nitrogens with one attached hydrogen (secondary N) is 1. The second-order valence-electron chi connectivity index (χ2n) is 4.49. The van der Waals surface area contributed by atoms with Gasteiger partial charge in [-0.2, -0.15) is 5.10 Å². The fourth-order valence-corrected chi connectivity index (χ4v) is 2.53. The maximum atomic E-state index is 12.0. The molecule has 2 N–H and O–H groups in total. The first kappa shape index (κ1) is 16.8. The predicted octanol–water partition coefficient (Wildman–Crippen LogP) is 4.53. The molecule has 0 aliphatic heterocycles. The van der Waals surface area contributed by atoms with Gasteiger partial charge >= 0.3 is 0 Å². The number of carbonyl (C=O) groups excluding carboxylic acids is 1. The van der Waals surface area contributed by atoms with Gasteiger partial charge in [0.2, 0.25) is 0 Å². The Morgan fingerprint density at radius 3 is 2.73 bits per heavy atom. The Balaban J connectivity index is 2.12. The van der Waals surface area contributed by atoms with E-state index in [2.05, 4.69) is 26.5 Å². The number of aryl methyl sites for hydroxylation is 1. The quantitative estimate of drug-likeness (QED) is 0.586. The average Bonchev–Trinajstić information content (AvgIpc) is 2.46. The molecule has 4 nitrogen and oxygen atoms in total. The van der Waals surface area contributed by atoms with Gasteiger partial charge in [-0.25, -0.2) is 5.43 Å². The maximum Gasteiger partial charge on any atom is 0.271 e. The van der Waals surface area contributed by atoms with Gasteiger partial charge < -0.3 is 5.11 Å². The molecule has 0 aromatic heterocycles. The van der Waals surface area contributed by atoms with Gasteiger partial charge in [-0.05, 0) is 36.8 Å². The first-order valence-electron chi connectivity index (χ1n) is 6.16. The summed E-state index contributed by atoms with van der Waals surface area (Å²) in [5.41, 5.74) is 4.17. The van der Waals surface area contributed by atoms with Gasteiger partial charge in [0.1, 0.15) is 5.75 Å². The first-order chi connectivity index (χ1) is 10.4. The van der Waals surface area contributed by atoms with Crippen LogP contribution in [0.2, 0.25) is 10.0 Å². The van der Waals surface area contributed by atoms with Crippen LogP contribution in [0.5, 0.6) is 5.75 Å². The van der Waals surface area contributed by atoms with Crippen LogP contribution < -0.4 is 5.43 Å². The zero-order chi connectivity index (χ0) is 16.3. The Hall–Kier alpha value is -1.56. The number of hydrogen-bond acceptors (Lipinski definition) is 3. The Labute approximate surface area is 145 Å². The number of aromatic hydroxyl groups is 1. The number of hydrogen-bond donors (Lipinski definition) is 2. The number of halogens is 3. The van der Waals surface area contributed by atoms with E-state index in [9.17, 15) is 9.90 Å². The number of phenolic OH excluding ortho intramolecular Hbond substituents is 1. The maximum absolute atomic E-state index is 12.0. The van der Waals surface area contributed by atoms with Crippen LogP contribution in [0.25, 0.3) is 0 Å². The summed E-state index contributed by atoms with van der Waals surface area (Å²) < 4.78 is 0.836. The lowest BCUT2D eigenvalue weighted by atomic mass is 10.1. The highest BCUT2D eigenvalue weighted by Crippen LogP contribution is 2.29. The summed E-state index contributed by atoms with van der Waals surface area (Å²) in [6.45, 7) is 1.93. The van der Waals surface area contributed by atoms with E-state index in [-0.39, 0.29) is 16.7 Å². The molecular weight excluding hydrogens is 391 g/mol. The molecule has 7 heteroatoms. The summed E-state index contributed by atoms with van der Waals surface area (Å²) in [6.07, 6.45) is 1.27. The molecule has 0 saturated heterocycles. The number of nitrogens with zero attached hydrogens (tertiary/aromatic N) is 1. The largest absolute Gasteiger partial charge is 0.506 e. The Morgan fingerprint density at radius 2 is 2.05 bits per heavy atom. The van der Waals surface area contributed by atoms with E-state index in [0.717, 1.165) is 10.0 Å². The fraction of sp³-hybridized carbons (Fsp3) is 0.0667. The molecule has 2 rings (SSSR count). The van der Waals surface area contributed by atoms with Gasteiger partial charge in [-0.15, -0.1) is 0 Å². The second kappa shape index (κ2) is 7.13. The number of hydrazone groups is 1. The first-order valence-corrected chi connectivity index (χ1v) is 7.71. The van der Waals surface area contributed by atoms with E-state index in [1.165, 1.54) is 18.3 Å². The van der Waals surface area contributed by atoms with Crippen molar-refractivity contribution < 1.29 is 9.90 Å². The SMILES string of the molecule is Cc1ccc(C(=O)NN=Cc2cc(Cl)cc(Cl)c2O)cc1Br. The van der Waals surface area contributed by atoms with Crippen molar-refractivity contribution in [2.45, 2.75) is 6.92 Å². The van der Waals surface area contributed by atoms with Crippen molar-refractivity contribution in [2.24, 2.45) is 5.10 Å². The van der Waals surface area contributed by atoms with E-state index in [1.807, 2.05) is 13.0 Å². The summed E-state index contributed by atoms with van der Waals surface area (Å²) in [5, 5.41) is 14.0. The van der Waals surface area contributed by atoms with Crippen molar-refractivity contribution >= 4 is 51.3 Å². The van der Waals surface area contributed by atoms with Crippen LogP contribution in [-0.2, 0) is 0 Å². The van der Waals surface area contributed by atoms with Gasteiger partial charge in [0.15, 0.2) is 0 Å². The Morgan fingerprint density at radius 1 is 1.32 bits per heavy atom. The molecule has 0 spiro atoms. The molecule has 0 aliphatic rings. The molecule has 2 aromatic rings. The van der Waals surface area contributed by atoms with Crippen LogP contribution in [-0.4, -0.2) is 17.2 Å². The predicted molar refractivity (Wildman–Crippen MR) is 92.1 cm³/mol. The topological polar surface area (TPSA) is 61.7 Å².